The summed E-state index contributed by atoms with van der Waals surface area (Å²) >= 11 is 0. The molecule has 1 heterocycles. The van der Waals surface area contributed by atoms with Crippen LogP contribution in [0, 0.1) is 0 Å². The Kier molecular flexibility index (Phi) is 10.7. The first-order valence-electron chi connectivity index (χ1n) is 13.2. The van der Waals surface area contributed by atoms with E-state index in [0.29, 0.717) is 17.9 Å². The highest BCUT2D eigenvalue weighted by molar-refractivity contribution is 5.86. The molecule has 1 saturated heterocycles. The van der Waals surface area contributed by atoms with E-state index in [1.54, 1.807) is 48.5 Å². The maximum atomic E-state index is 13.3. The van der Waals surface area contributed by atoms with Crippen molar-refractivity contribution < 1.29 is 44.2 Å². The van der Waals surface area contributed by atoms with Gasteiger partial charge in [-0.15, -0.1) is 0 Å². The maximum Gasteiger partial charge on any atom is 0.408 e. The van der Waals surface area contributed by atoms with Gasteiger partial charge in [0.2, 0.25) is 5.91 Å². The third kappa shape index (κ3) is 8.49. The lowest BCUT2D eigenvalue weighted by atomic mass is 9.98. The van der Waals surface area contributed by atoms with Crippen LogP contribution in [0.4, 0.5) is 4.79 Å². The second-order valence-electron chi connectivity index (χ2n) is 9.64. The van der Waals surface area contributed by atoms with Crippen LogP contribution in [0.15, 0.2) is 84.9 Å². The minimum Gasteiger partial charge on any atom is -0.489 e. The highest BCUT2D eigenvalue weighted by Crippen LogP contribution is 2.20. The lowest BCUT2D eigenvalue weighted by Crippen LogP contribution is -2.64. The molecule has 3 aromatic carbocycles. The summed E-state index contributed by atoms with van der Waals surface area (Å²) in [5, 5.41) is 44.9. The number of aliphatic hydroxyl groups is 4. The first-order valence-corrected chi connectivity index (χ1v) is 13.2. The fourth-order valence-electron chi connectivity index (χ4n) is 4.28. The molecule has 0 saturated carbocycles. The number of benzene rings is 3. The minimum atomic E-state index is -1.68. The molecule has 2 amide bonds. The fraction of sp³-hybridized carbons (Fsp3) is 0.333. The number of ether oxygens (including phenoxy) is 3. The van der Waals surface area contributed by atoms with E-state index in [2.05, 4.69) is 10.6 Å². The predicted octanol–water partition coefficient (Wildman–Crippen LogP) is 1.02. The van der Waals surface area contributed by atoms with Crippen LogP contribution in [0.25, 0.3) is 0 Å². The molecule has 4 rings (SSSR count). The summed E-state index contributed by atoms with van der Waals surface area (Å²) in [4.78, 5) is 25.9. The number of hydrogen-bond acceptors (Lipinski definition) is 9. The second kappa shape index (κ2) is 14.6. The van der Waals surface area contributed by atoms with E-state index < -0.39 is 55.3 Å². The SMILES string of the molecule is O=C(N[C@@H](Cc1ccc(OCc2ccccc2)cc1)C(=O)N[C@@H]1O[C@H](CO)[C@@H](O)[C@H](O)[C@H]1O)OCc1ccccc1. The number of aliphatic hydroxyl groups excluding tert-OH is 4. The third-order valence-electron chi connectivity index (χ3n) is 6.61. The Morgan fingerprint density at radius 1 is 0.780 bits per heavy atom. The van der Waals surface area contributed by atoms with Crippen molar-refractivity contribution in [2.45, 2.75) is 56.3 Å². The molecule has 3 aromatic rings. The Bertz CT molecular complexity index is 1240. The Balaban J connectivity index is 1.42. The summed E-state index contributed by atoms with van der Waals surface area (Å²) in [7, 11) is 0. The average molecular weight is 567 g/mol. The molecule has 218 valence electrons. The smallest absolute Gasteiger partial charge is 0.408 e. The Morgan fingerprint density at radius 3 is 2.00 bits per heavy atom. The summed E-state index contributed by atoms with van der Waals surface area (Å²) in [6.07, 6.45) is -8.37. The van der Waals surface area contributed by atoms with Crippen LogP contribution in [0.1, 0.15) is 16.7 Å². The van der Waals surface area contributed by atoms with Crippen molar-refractivity contribution in [2.24, 2.45) is 0 Å². The summed E-state index contributed by atoms with van der Waals surface area (Å²) < 4.78 is 16.5. The lowest BCUT2D eigenvalue weighted by molar-refractivity contribution is -0.236. The van der Waals surface area contributed by atoms with Gasteiger partial charge in [0.25, 0.3) is 0 Å². The molecule has 1 aliphatic rings. The van der Waals surface area contributed by atoms with Gasteiger partial charge in [-0.25, -0.2) is 4.79 Å². The van der Waals surface area contributed by atoms with E-state index >= 15 is 0 Å². The minimum absolute atomic E-state index is 0.0127. The largest absolute Gasteiger partial charge is 0.489 e. The van der Waals surface area contributed by atoms with Crippen molar-refractivity contribution in [1.29, 1.82) is 0 Å². The zero-order chi connectivity index (χ0) is 29.2. The fourth-order valence-corrected chi connectivity index (χ4v) is 4.28. The predicted molar refractivity (Wildman–Crippen MR) is 146 cm³/mol. The van der Waals surface area contributed by atoms with Gasteiger partial charge in [0.15, 0.2) is 6.23 Å². The Morgan fingerprint density at radius 2 is 1.39 bits per heavy atom. The quantitative estimate of drug-likeness (QED) is 0.199. The molecule has 6 N–H and O–H groups in total. The summed E-state index contributed by atoms with van der Waals surface area (Å²) in [5.41, 5.74) is 2.46. The molecule has 0 bridgehead atoms. The lowest BCUT2D eigenvalue weighted by Gasteiger charge is -2.40. The number of rotatable bonds is 11. The molecular weight excluding hydrogens is 532 g/mol. The van der Waals surface area contributed by atoms with Crippen LogP contribution in [-0.4, -0.2) is 75.7 Å². The van der Waals surface area contributed by atoms with E-state index in [1.165, 1.54) is 0 Å². The van der Waals surface area contributed by atoms with Gasteiger partial charge in [-0.3, -0.25) is 4.79 Å². The first kappa shape index (κ1) is 30.0. The van der Waals surface area contributed by atoms with E-state index in [9.17, 15) is 30.0 Å². The van der Waals surface area contributed by atoms with Crippen LogP contribution in [-0.2, 0) is 33.9 Å². The second-order valence-corrected chi connectivity index (χ2v) is 9.64. The van der Waals surface area contributed by atoms with Crippen molar-refractivity contribution in [3.05, 3.63) is 102 Å². The third-order valence-corrected chi connectivity index (χ3v) is 6.61. The van der Waals surface area contributed by atoms with Crippen LogP contribution in [0.5, 0.6) is 5.75 Å². The zero-order valence-electron chi connectivity index (χ0n) is 22.2. The van der Waals surface area contributed by atoms with Gasteiger partial charge in [0, 0.05) is 6.42 Å². The molecule has 0 spiro atoms. The number of nitrogens with one attached hydrogen (secondary N) is 2. The van der Waals surface area contributed by atoms with Gasteiger partial charge < -0.3 is 45.3 Å². The number of hydrogen-bond donors (Lipinski definition) is 6. The Hall–Kier alpha value is -4.00. The molecule has 41 heavy (non-hydrogen) atoms. The molecule has 11 nitrogen and oxygen atoms in total. The van der Waals surface area contributed by atoms with E-state index in [1.807, 2.05) is 36.4 Å². The van der Waals surface area contributed by atoms with Gasteiger partial charge in [-0.1, -0.05) is 72.8 Å². The molecule has 1 aliphatic heterocycles. The summed E-state index contributed by atoms with van der Waals surface area (Å²) in [5.74, 6) is -0.120. The van der Waals surface area contributed by atoms with Crippen LogP contribution in [0.3, 0.4) is 0 Å². The van der Waals surface area contributed by atoms with Gasteiger partial charge in [0.1, 0.15) is 49.4 Å². The monoisotopic (exact) mass is 566 g/mol. The molecule has 0 radical (unpaired) electrons. The standard InChI is InChI=1S/C30H34N2O9/c33-16-24-25(34)26(35)27(36)29(41-24)32-28(37)23(31-30(38)40-18-21-9-5-2-6-10-21)15-19-11-13-22(14-12-19)39-17-20-7-3-1-4-8-20/h1-14,23-27,29,33-36H,15-18H2,(H,31,38)(H,32,37)/t23-,24+,25+,26-,27+,29+/m0/s1. The average Bonchev–Trinajstić information content (AvgIpc) is 3.00. The van der Waals surface area contributed by atoms with Crippen molar-refractivity contribution >= 4 is 12.0 Å². The first-order chi connectivity index (χ1) is 19.8. The molecule has 0 aromatic heterocycles. The van der Waals surface area contributed by atoms with Gasteiger partial charge in [0.05, 0.1) is 6.61 Å². The number of carbonyl (C=O) groups excluding carboxylic acids is 2. The maximum absolute atomic E-state index is 13.3. The zero-order valence-corrected chi connectivity index (χ0v) is 22.2. The molecule has 0 unspecified atom stereocenters. The molecule has 11 heteroatoms. The number of carbonyl (C=O) groups is 2. The van der Waals surface area contributed by atoms with Crippen LogP contribution < -0.4 is 15.4 Å². The number of alkyl carbamates (subject to hydrolysis) is 1. The van der Waals surface area contributed by atoms with Crippen molar-refractivity contribution in [3.63, 3.8) is 0 Å². The van der Waals surface area contributed by atoms with Gasteiger partial charge in [-0.2, -0.15) is 0 Å². The van der Waals surface area contributed by atoms with E-state index in [-0.39, 0.29) is 13.0 Å². The van der Waals surface area contributed by atoms with Crippen molar-refractivity contribution in [2.75, 3.05) is 6.61 Å². The van der Waals surface area contributed by atoms with Gasteiger partial charge >= 0.3 is 6.09 Å². The summed E-state index contributed by atoms with van der Waals surface area (Å²) in [6.45, 7) is -0.274. The molecule has 1 fully saturated rings. The number of amides is 2. The van der Waals surface area contributed by atoms with Gasteiger partial charge in [-0.05, 0) is 28.8 Å². The van der Waals surface area contributed by atoms with Crippen LogP contribution >= 0.6 is 0 Å². The normalized spacial score (nSPS) is 22.8. The van der Waals surface area contributed by atoms with Crippen LogP contribution in [0.2, 0.25) is 0 Å². The molecular formula is C30H34N2O9. The highest BCUT2D eigenvalue weighted by atomic mass is 16.6. The van der Waals surface area contributed by atoms with Crippen molar-refractivity contribution in [1.82, 2.24) is 10.6 Å². The topological polar surface area (TPSA) is 167 Å². The van der Waals surface area contributed by atoms with E-state index in [4.69, 9.17) is 14.2 Å². The van der Waals surface area contributed by atoms with E-state index in [0.717, 1.165) is 11.1 Å². The van der Waals surface area contributed by atoms with Crippen molar-refractivity contribution in [3.8, 4) is 5.75 Å². The molecule has 0 aliphatic carbocycles. The Labute approximate surface area is 237 Å². The highest BCUT2D eigenvalue weighted by Gasteiger charge is 2.44. The molecule has 6 atom stereocenters. The summed E-state index contributed by atoms with van der Waals surface area (Å²) in [6, 6.07) is 24.6.